The average Bonchev–Trinajstić information content (AvgIpc) is 2.37. The van der Waals surface area contributed by atoms with Gasteiger partial charge in [0.05, 0.1) is 0 Å². The zero-order valence-corrected chi connectivity index (χ0v) is 11.8. The van der Waals surface area contributed by atoms with Gasteiger partial charge in [-0.25, -0.2) is 4.39 Å². The van der Waals surface area contributed by atoms with E-state index < -0.39 is 0 Å². The molecule has 19 heavy (non-hydrogen) atoms. The summed E-state index contributed by atoms with van der Waals surface area (Å²) in [6.07, 6.45) is 3.10. The number of hydrogen-bond donors (Lipinski definition) is 1. The molecule has 1 aromatic rings. The Morgan fingerprint density at radius 1 is 1.21 bits per heavy atom. The molecule has 1 rings (SSSR count). The van der Waals surface area contributed by atoms with E-state index in [-0.39, 0.29) is 11.7 Å². The maximum atomic E-state index is 12.7. The van der Waals surface area contributed by atoms with Gasteiger partial charge in [-0.2, -0.15) is 0 Å². The number of aryl methyl sites for hydroxylation is 1. The Kier molecular flexibility index (Phi) is 7.11. The summed E-state index contributed by atoms with van der Waals surface area (Å²) < 4.78 is 12.7. The van der Waals surface area contributed by atoms with Gasteiger partial charge in [0.1, 0.15) is 5.82 Å². The van der Waals surface area contributed by atoms with Crippen LogP contribution in [0, 0.1) is 5.82 Å². The van der Waals surface area contributed by atoms with Gasteiger partial charge in [-0.3, -0.25) is 4.79 Å². The van der Waals surface area contributed by atoms with Crippen molar-refractivity contribution in [3.8, 4) is 0 Å². The summed E-state index contributed by atoms with van der Waals surface area (Å²) >= 11 is 0. The summed E-state index contributed by atoms with van der Waals surface area (Å²) in [7, 11) is 4.04. The molecule has 0 atom stereocenters. The lowest BCUT2D eigenvalue weighted by Gasteiger charge is -2.09. The minimum atomic E-state index is -0.220. The quantitative estimate of drug-likeness (QED) is 0.732. The molecule has 0 heterocycles. The number of rotatable bonds is 8. The van der Waals surface area contributed by atoms with Gasteiger partial charge in [-0.1, -0.05) is 12.1 Å². The zero-order chi connectivity index (χ0) is 14.1. The summed E-state index contributed by atoms with van der Waals surface area (Å²) in [5, 5.41) is 2.91. The fraction of sp³-hybridized carbons (Fsp3) is 0.533. The lowest BCUT2D eigenvalue weighted by molar-refractivity contribution is -0.121. The van der Waals surface area contributed by atoms with E-state index in [1.807, 2.05) is 14.1 Å². The van der Waals surface area contributed by atoms with Crippen molar-refractivity contribution in [2.24, 2.45) is 0 Å². The Morgan fingerprint density at radius 3 is 2.53 bits per heavy atom. The molecule has 1 amide bonds. The molecule has 0 saturated heterocycles. The van der Waals surface area contributed by atoms with E-state index >= 15 is 0 Å². The monoisotopic (exact) mass is 266 g/mol. The van der Waals surface area contributed by atoms with Crippen LogP contribution in [0.4, 0.5) is 4.39 Å². The lowest BCUT2D eigenvalue weighted by Crippen LogP contribution is -2.26. The van der Waals surface area contributed by atoms with Crippen molar-refractivity contribution in [3.05, 3.63) is 35.6 Å². The molecule has 0 aliphatic carbocycles. The third-order valence-electron chi connectivity index (χ3n) is 2.89. The van der Waals surface area contributed by atoms with Crippen LogP contribution in [-0.4, -0.2) is 38.0 Å². The number of hydrogen-bond acceptors (Lipinski definition) is 2. The maximum Gasteiger partial charge on any atom is 0.220 e. The highest BCUT2D eigenvalue weighted by Gasteiger charge is 2.01. The van der Waals surface area contributed by atoms with E-state index in [4.69, 9.17) is 0 Å². The number of nitrogens with one attached hydrogen (secondary N) is 1. The van der Waals surface area contributed by atoms with E-state index in [0.29, 0.717) is 6.42 Å². The first kappa shape index (κ1) is 15.6. The first-order valence-electron chi connectivity index (χ1n) is 6.74. The van der Waals surface area contributed by atoms with Gasteiger partial charge in [0.25, 0.3) is 0 Å². The fourth-order valence-electron chi connectivity index (χ4n) is 1.82. The highest BCUT2D eigenvalue weighted by Crippen LogP contribution is 2.06. The molecule has 4 heteroatoms. The molecule has 0 unspecified atom stereocenters. The average molecular weight is 266 g/mol. The van der Waals surface area contributed by atoms with Crippen LogP contribution in [0.15, 0.2) is 24.3 Å². The van der Waals surface area contributed by atoms with Crippen LogP contribution in [0.25, 0.3) is 0 Å². The summed E-state index contributed by atoms with van der Waals surface area (Å²) in [5.41, 5.74) is 1.07. The second-order valence-electron chi connectivity index (χ2n) is 4.99. The normalized spacial score (nSPS) is 10.7. The molecule has 0 bridgehead atoms. The Balaban J connectivity index is 2.08. The molecular weight excluding hydrogens is 243 g/mol. The Morgan fingerprint density at radius 2 is 1.89 bits per heavy atom. The number of carbonyl (C=O) groups is 1. The Bertz CT molecular complexity index is 376. The topological polar surface area (TPSA) is 32.3 Å². The molecule has 0 saturated carbocycles. The van der Waals surface area contributed by atoms with E-state index in [9.17, 15) is 9.18 Å². The third kappa shape index (κ3) is 7.57. The van der Waals surface area contributed by atoms with E-state index in [1.165, 1.54) is 12.1 Å². The van der Waals surface area contributed by atoms with Crippen molar-refractivity contribution in [1.29, 1.82) is 0 Å². The highest BCUT2D eigenvalue weighted by molar-refractivity contribution is 5.75. The van der Waals surface area contributed by atoms with Gasteiger partial charge in [0.2, 0.25) is 5.91 Å². The van der Waals surface area contributed by atoms with Crippen LogP contribution in [0.5, 0.6) is 0 Å². The second kappa shape index (κ2) is 8.64. The predicted molar refractivity (Wildman–Crippen MR) is 75.5 cm³/mol. The summed E-state index contributed by atoms with van der Waals surface area (Å²) in [5.74, 6) is -0.122. The van der Waals surface area contributed by atoms with E-state index in [2.05, 4.69) is 10.2 Å². The van der Waals surface area contributed by atoms with E-state index in [0.717, 1.165) is 37.9 Å². The fourth-order valence-corrected chi connectivity index (χ4v) is 1.82. The van der Waals surface area contributed by atoms with Gasteiger partial charge in [-0.15, -0.1) is 0 Å². The smallest absolute Gasteiger partial charge is 0.220 e. The summed E-state index contributed by atoms with van der Waals surface area (Å²) in [6, 6.07) is 6.45. The molecule has 0 spiro atoms. The first-order chi connectivity index (χ1) is 9.08. The lowest BCUT2D eigenvalue weighted by atomic mass is 10.1. The standard InChI is InChI=1S/C15H23FN2O/c1-18(2)12-4-11-17-15(19)6-3-5-13-7-9-14(16)10-8-13/h7-10H,3-6,11-12H2,1-2H3,(H,17,19). The minimum absolute atomic E-state index is 0.0980. The van der Waals surface area contributed by atoms with Gasteiger partial charge in [0, 0.05) is 13.0 Å². The van der Waals surface area contributed by atoms with Gasteiger partial charge >= 0.3 is 0 Å². The molecule has 0 aromatic heterocycles. The zero-order valence-electron chi connectivity index (χ0n) is 11.8. The SMILES string of the molecule is CN(C)CCCNC(=O)CCCc1ccc(F)cc1. The van der Waals surface area contributed by atoms with Crippen LogP contribution in [-0.2, 0) is 11.2 Å². The van der Waals surface area contributed by atoms with Crippen LogP contribution >= 0.6 is 0 Å². The van der Waals surface area contributed by atoms with E-state index in [1.54, 1.807) is 12.1 Å². The van der Waals surface area contributed by atoms with Crippen molar-refractivity contribution in [3.63, 3.8) is 0 Å². The predicted octanol–water partition coefficient (Wildman–Crippen LogP) is 2.22. The molecule has 0 aliphatic heterocycles. The molecule has 0 fully saturated rings. The number of halogens is 1. The van der Waals surface area contributed by atoms with Crippen molar-refractivity contribution in [2.45, 2.75) is 25.7 Å². The molecule has 106 valence electrons. The number of amides is 1. The molecule has 0 radical (unpaired) electrons. The maximum absolute atomic E-state index is 12.7. The van der Waals surface area contributed by atoms with Gasteiger partial charge in [0.15, 0.2) is 0 Å². The van der Waals surface area contributed by atoms with Gasteiger partial charge in [-0.05, 0) is 57.6 Å². The van der Waals surface area contributed by atoms with Crippen molar-refractivity contribution in [2.75, 3.05) is 27.2 Å². The van der Waals surface area contributed by atoms with Crippen molar-refractivity contribution >= 4 is 5.91 Å². The first-order valence-corrected chi connectivity index (χ1v) is 6.74. The number of carbonyl (C=O) groups excluding carboxylic acids is 1. The minimum Gasteiger partial charge on any atom is -0.356 e. The molecular formula is C15H23FN2O. The van der Waals surface area contributed by atoms with Crippen LogP contribution in [0.1, 0.15) is 24.8 Å². The van der Waals surface area contributed by atoms with Crippen LogP contribution in [0.3, 0.4) is 0 Å². The third-order valence-corrected chi connectivity index (χ3v) is 2.89. The molecule has 1 N–H and O–H groups in total. The second-order valence-corrected chi connectivity index (χ2v) is 4.99. The molecule has 3 nitrogen and oxygen atoms in total. The summed E-state index contributed by atoms with van der Waals surface area (Å²) in [4.78, 5) is 13.6. The largest absolute Gasteiger partial charge is 0.356 e. The Hall–Kier alpha value is -1.42. The number of benzene rings is 1. The summed E-state index contributed by atoms with van der Waals surface area (Å²) in [6.45, 7) is 1.71. The molecule has 0 aliphatic rings. The molecule has 1 aromatic carbocycles. The van der Waals surface area contributed by atoms with Crippen LogP contribution in [0.2, 0.25) is 0 Å². The number of nitrogens with zero attached hydrogens (tertiary/aromatic N) is 1. The highest BCUT2D eigenvalue weighted by atomic mass is 19.1. The van der Waals surface area contributed by atoms with Crippen molar-refractivity contribution < 1.29 is 9.18 Å². The van der Waals surface area contributed by atoms with Crippen molar-refractivity contribution in [1.82, 2.24) is 10.2 Å². The Labute approximate surface area is 114 Å². The van der Waals surface area contributed by atoms with Gasteiger partial charge < -0.3 is 10.2 Å². The van der Waals surface area contributed by atoms with Crippen LogP contribution < -0.4 is 5.32 Å².